The highest BCUT2D eigenvalue weighted by Gasteiger charge is 2.35. The highest BCUT2D eigenvalue weighted by atomic mass is 32.2. The Labute approximate surface area is 241 Å². The van der Waals surface area contributed by atoms with E-state index < -0.39 is 40.6 Å². The van der Waals surface area contributed by atoms with E-state index in [1.54, 1.807) is 13.8 Å². The van der Waals surface area contributed by atoms with Gasteiger partial charge in [-0.15, -0.1) is 0 Å². The molecule has 5 N–H and O–H groups in total. The predicted octanol–water partition coefficient (Wildman–Crippen LogP) is 1.50. The summed E-state index contributed by atoms with van der Waals surface area (Å²) in [5.41, 5.74) is 0.687. The second-order valence-corrected chi connectivity index (χ2v) is 13.1. The molecule has 10 nitrogen and oxygen atoms in total. The minimum absolute atomic E-state index is 0.0869. The van der Waals surface area contributed by atoms with E-state index in [-0.39, 0.29) is 42.4 Å². The third-order valence-electron chi connectivity index (χ3n) is 6.95. The summed E-state index contributed by atoms with van der Waals surface area (Å²) in [6, 6.07) is 6.06. The van der Waals surface area contributed by atoms with Crippen LogP contribution in [0.15, 0.2) is 24.3 Å². The molecule has 40 heavy (non-hydrogen) atoms. The minimum atomic E-state index is -1.25. The Bertz CT molecular complexity index is 1020. The third-order valence-corrected chi connectivity index (χ3v) is 8.26. The maximum atomic E-state index is 13.4. The van der Waals surface area contributed by atoms with Crippen LogP contribution in [-0.2, 0) is 42.7 Å². The van der Waals surface area contributed by atoms with Crippen LogP contribution in [-0.4, -0.2) is 64.6 Å². The van der Waals surface area contributed by atoms with Crippen LogP contribution in [0, 0.1) is 11.8 Å². The van der Waals surface area contributed by atoms with Crippen molar-refractivity contribution in [3.8, 4) is 0 Å². The molecule has 11 heteroatoms. The minimum Gasteiger partial charge on any atom is -0.616 e. The number of hydrogen-bond acceptors (Lipinski definition) is 6. The number of fused-ring (bicyclic) bond motifs is 2. The normalized spacial score (nSPS) is 24.9. The largest absolute Gasteiger partial charge is 0.616 e. The van der Waals surface area contributed by atoms with E-state index in [0.717, 1.165) is 11.1 Å². The molecule has 224 valence electrons. The van der Waals surface area contributed by atoms with Gasteiger partial charge < -0.3 is 31.1 Å². The van der Waals surface area contributed by atoms with Crippen molar-refractivity contribution in [3.05, 3.63) is 35.4 Å². The van der Waals surface area contributed by atoms with E-state index in [4.69, 9.17) is 0 Å². The summed E-state index contributed by atoms with van der Waals surface area (Å²) in [5.74, 6) is -1.02. The second-order valence-electron chi connectivity index (χ2n) is 11.5. The SMILES string of the molecule is CC[C@H](C)[C@@H]1NC(=O)[C@H](CC(C)C)NC(=O)C(C)(C)NC(=O)CCNCc2cccc(c2)C[S+]([O-])CCNC1=O. The van der Waals surface area contributed by atoms with Crippen LogP contribution < -0.4 is 26.6 Å². The number of hydrogen-bond donors (Lipinski definition) is 5. The number of carbonyl (C=O) groups is 4. The van der Waals surface area contributed by atoms with Crippen molar-refractivity contribution < 1.29 is 23.7 Å². The van der Waals surface area contributed by atoms with Crippen LogP contribution in [0.3, 0.4) is 0 Å². The molecule has 4 atom stereocenters. The monoisotopic (exact) mass is 577 g/mol. The molecule has 0 fully saturated rings. The van der Waals surface area contributed by atoms with Crippen molar-refractivity contribution in [1.29, 1.82) is 0 Å². The lowest BCUT2D eigenvalue weighted by Crippen LogP contribution is -2.61. The Morgan fingerprint density at radius 1 is 1.02 bits per heavy atom. The van der Waals surface area contributed by atoms with Crippen LogP contribution in [0.1, 0.15) is 71.9 Å². The first-order valence-electron chi connectivity index (χ1n) is 14.2. The van der Waals surface area contributed by atoms with Gasteiger partial charge in [0.25, 0.3) is 0 Å². The quantitative estimate of drug-likeness (QED) is 0.342. The first-order valence-corrected chi connectivity index (χ1v) is 15.6. The maximum absolute atomic E-state index is 13.4. The summed E-state index contributed by atoms with van der Waals surface area (Å²) in [7, 11) is 0. The molecular weight excluding hydrogens is 530 g/mol. The van der Waals surface area contributed by atoms with Crippen molar-refractivity contribution >= 4 is 34.8 Å². The number of rotatable bonds is 4. The van der Waals surface area contributed by atoms with E-state index in [1.807, 2.05) is 52.0 Å². The van der Waals surface area contributed by atoms with Crippen LogP contribution in [0.2, 0.25) is 0 Å². The fourth-order valence-electron chi connectivity index (χ4n) is 4.39. The Morgan fingerprint density at radius 2 is 1.73 bits per heavy atom. The molecule has 2 bridgehead atoms. The molecule has 1 aromatic carbocycles. The summed E-state index contributed by atoms with van der Waals surface area (Å²) in [4.78, 5) is 52.3. The van der Waals surface area contributed by atoms with Gasteiger partial charge in [0.1, 0.15) is 29.1 Å². The van der Waals surface area contributed by atoms with E-state index in [2.05, 4.69) is 26.6 Å². The van der Waals surface area contributed by atoms with Crippen molar-refractivity contribution in [2.24, 2.45) is 11.8 Å². The molecule has 0 aliphatic carbocycles. The van der Waals surface area contributed by atoms with Gasteiger partial charge in [0.15, 0.2) is 0 Å². The van der Waals surface area contributed by atoms with E-state index in [1.165, 1.54) is 0 Å². The lowest BCUT2D eigenvalue weighted by molar-refractivity contribution is -0.136. The van der Waals surface area contributed by atoms with Crippen molar-refractivity contribution in [2.75, 3.05) is 18.8 Å². The molecule has 2 rings (SSSR count). The van der Waals surface area contributed by atoms with E-state index in [0.29, 0.717) is 31.7 Å². The first-order chi connectivity index (χ1) is 18.8. The summed E-state index contributed by atoms with van der Waals surface area (Å²) in [5, 5.41) is 14.5. The van der Waals surface area contributed by atoms with Gasteiger partial charge in [-0.1, -0.05) is 52.3 Å². The number of carbonyl (C=O) groups excluding carboxylic acids is 4. The standard InChI is InChI=1S/C29H47N5O5S/c1-7-20(4)25-27(37)31-13-14-40(39)18-22-10-8-9-21(16-22)17-30-12-11-24(35)34-29(5,6)28(38)32-23(15-19(2)3)26(36)33-25/h8-10,16,19-20,23,25,30H,7,11-15,17-18H2,1-6H3,(H,31,37)(H,32,38)(H,33,36)(H,34,35)/t20-,23-,25-,40?/m0/s1. The molecule has 1 aliphatic rings. The smallest absolute Gasteiger partial charge is 0.245 e. The van der Waals surface area contributed by atoms with Gasteiger partial charge in [-0.05, 0) is 54.9 Å². The van der Waals surface area contributed by atoms with Gasteiger partial charge >= 0.3 is 0 Å². The molecule has 0 aromatic heterocycles. The van der Waals surface area contributed by atoms with E-state index >= 15 is 0 Å². The van der Waals surface area contributed by atoms with Gasteiger partial charge in [0.2, 0.25) is 23.6 Å². The Balaban J connectivity index is 2.28. The molecular formula is C29H47N5O5S. The zero-order valence-electron chi connectivity index (χ0n) is 24.7. The fraction of sp³-hybridized carbons (Fsp3) is 0.655. The average molecular weight is 578 g/mol. The zero-order chi connectivity index (χ0) is 29.9. The average Bonchev–Trinajstić information content (AvgIpc) is 2.87. The fourth-order valence-corrected chi connectivity index (χ4v) is 5.41. The van der Waals surface area contributed by atoms with E-state index in [9.17, 15) is 23.7 Å². The molecule has 1 unspecified atom stereocenters. The van der Waals surface area contributed by atoms with Crippen molar-refractivity contribution in [1.82, 2.24) is 26.6 Å². The van der Waals surface area contributed by atoms with Gasteiger partial charge in [-0.3, -0.25) is 19.2 Å². The summed E-state index contributed by atoms with van der Waals surface area (Å²) < 4.78 is 12.7. The Morgan fingerprint density at radius 3 is 2.40 bits per heavy atom. The predicted molar refractivity (Wildman–Crippen MR) is 157 cm³/mol. The summed E-state index contributed by atoms with van der Waals surface area (Å²) in [6.45, 7) is 12.1. The van der Waals surface area contributed by atoms with Crippen molar-refractivity contribution in [3.63, 3.8) is 0 Å². The molecule has 0 radical (unpaired) electrons. The van der Waals surface area contributed by atoms with Crippen LogP contribution in [0.25, 0.3) is 0 Å². The molecule has 1 aromatic rings. The molecule has 0 saturated carbocycles. The second kappa shape index (κ2) is 16.0. The first kappa shape index (κ1) is 33.6. The lowest BCUT2D eigenvalue weighted by Gasteiger charge is -2.30. The molecule has 1 heterocycles. The zero-order valence-corrected chi connectivity index (χ0v) is 25.5. The third kappa shape index (κ3) is 11.1. The van der Waals surface area contributed by atoms with Crippen LogP contribution in [0.5, 0.6) is 0 Å². The number of amides is 4. The number of nitrogens with one attached hydrogen (secondary N) is 5. The lowest BCUT2D eigenvalue weighted by atomic mass is 9.96. The van der Waals surface area contributed by atoms with Gasteiger partial charge in [0, 0.05) is 25.1 Å². The van der Waals surface area contributed by atoms with Gasteiger partial charge in [-0.25, -0.2) is 0 Å². The maximum Gasteiger partial charge on any atom is 0.245 e. The van der Waals surface area contributed by atoms with Crippen LogP contribution in [0.4, 0.5) is 0 Å². The molecule has 4 amide bonds. The summed E-state index contributed by atoms with van der Waals surface area (Å²) in [6.07, 6.45) is 1.18. The molecule has 1 aliphatic heterocycles. The van der Waals surface area contributed by atoms with Crippen LogP contribution >= 0.6 is 0 Å². The number of benzene rings is 1. The summed E-state index contributed by atoms with van der Waals surface area (Å²) >= 11 is -1.19. The molecule has 0 spiro atoms. The van der Waals surface area contributed by atoms with Gasteiger partial charge in [0.05, 0.1) is 6.54 Å². The highest BCUT2D eigenvalue weighted by Crippen LogP contribution is 2.13. The van der Waals surface area contributed by atoms with Gasteiger partial charge in [-0.2, -0.15) is 0 Å². The van der Waals surface area contributed by atoms with Crippen molar-refractivity contribution in [2.45, 2.75) is 90.7 Å². The Hall–Kier alpha value is -2.63. The highest BCUT2D eigenvalue weighted by molar-refractivity contribution is 7.90. The Kier molecular flexibility index (Phi) is 13.4. The topological polar surface area (TPSA) is 151 Å². The molecule has 0 saturated heterocycles.